The van der Waals surface area contributed by atoms with Gasteiger partial charge in [-0.2, -0.15) is 18.4 Å². The molecule has 0 aliphatic rings. The largest absolute Gasteiger partial charge is 0.416 e. The third-order valence-electron chi connectivity index (χ3n) is 7.72. The second kappa shape index (κ2) is 19.2. The highest BCUT2D eigenvalue weighted by Gasteiger charge is 2.35. The molecule has 0 saturated heterocycles. The lowest BCUT2D eigenvalue weighted by molar-refractivity contribution is -0.137. The molecule has 2 aromatic carbocycles. The zero-order valence-corrected chi connectivity index (χ0v) is 30.8. The van der Waals surface area contributed by atoms with Crippen molar-refractivity contribution < 1.29 is 42.3 Å². The molecule has 53 heavy (non-hydrogen) atoms. The van der Waals surface area contributed by atoms with Crippen LogP contribution in [0.3, 0.4) is 0 Å². The first-order chi connectivity index (χ1) is 24.8. The molecule has 0 fully saturated rings. The van der Waals surface area contributed by atoms with Crippen molar-refractivity contribution in [1.82, 2.24) is 41.9 Å². The van der Waals surface area contributed by atoms with Crippen molar-refractivity contribution >= 4 is 51.2 Å². The fraction of sp³-hybridized carbons (Fsp3) is 0.455. The molecule has 9 N–H and O–H groups in total. The lowest BCUT2D eigenvalue weighted by atomic mass is 9.97. The van der Waals surface area contributed by atoms with E-state index in [9.17, 15) is 42.3 Å². The zero-order chi connectivity index (χ0) is 39.5. The van der Waals surface area contributed by atoms with E-state index < -0.39 is 77.5 Å². The number of nitrogens with two attached hydrogens (primary N) is 1. The van der Waals surface area contributed by atoms with Crippen molar-refractivity contribution in [2.24, 2.45) is 17.6 Å². The van der Waals surface area contributed by atoms with Crippen LogP contribution >= 0.6 is 15.9 Å². The minimum absolute atomic E-state index is 0.0312. The molecule has 5 amide bonds. The SMILES string of the molecule is CC(C)C[C@H](NC(=O)[C@@H](NC(=O)[C@@H](N)CNC(=O)c1nn[nH]n1)C(C)C)C(=O)N[C@@H](Cc1ccccc1)[C@@H](O)C(=O)Nc1cc(Br)cc(C(F)(F)F)c1. The number of halogens is 4. The van der Waals surface area contributed by atoms with E-state index >= 15 is 0 Å². The fourth-order valence-electron chi connectivity index (χ4n) is 5.01. The molecule has 288 valence electrons. The van der Waals surface area contributed by atoms with Gasteiger partial charge in [-0.25, -0.2) is 0 Å². The third kappa shape index (κ3) is 13.2. The number of aromatic nitrogens is 4. The summed E-state index contributed by atoms with van der Waals surface area (Å²) >= 11 is 2.99. The second-order valence-electron chi connectivity index (χ2n) is 12.9. The summed E-state index contributed by atoms with van der Waals surface area (Å²) in [5, 5.41) is 36.1. The molecule has 0 saturated carbocycles. The summed E-state index contributed by atoms with van der Waals surface area (Å²) < 4.78 is 40.2. The number of nitrogens with one attached hydrogen (secondary N) is 6. The Morgan fingerprint density at radius 2 is 1.60 bits per heavy atom. The van der Waals surface area contributed by atoms with E-state index in [0.717, 1.165) is 6.07 Å². The van der Waals surface area contributed by atoms with E-state index in [1.807, 2.05) is 0 Å². The number of amides is 5. The van der Waals surface area contributed by atoms with Crippen LogP contribution in [0.25, 0.3) is 0 Å². The Morgan fingerprint density at radius 3 is 2.19 bits per heavy atom. The maximum absolute atomic E-state index is 13.8. The number of aliphatic hydroxyl groups excluding tert-OH is 1. The number of anilines is 1. The molecule has 3 rings (SSSR count). The molecule has 1 aromatic heterocycles. The minimum Gasteiger partial charge on any atom is -0.381 e. The van der Waals surface area contributed by atoms with Crippen LogP contribution in [0.2, 0.25) is 0 Å². The summed E-state index contributed by atoms with van der Waals surface area (Å²) in [6.07, 6.45) is -6.62. The second-order valence-corrected chi connectivity index (χ2v) is 13.9. The number of benzene rings is 2. The smallest absolute Gasteiger partial charge is 0.381 e. The highest BCUT2D eigenvalue weighted by Crippen LogP contribution is 2.33. The molecular weight excluding hydrogens is 769 g/mol. The lowest BCUT2D eigenvalue weighted by Crippen LogP contribution is -2.60. The molecule has 0 unspecified atom stereocenters. The Hall–Kier alpha value is -4.95. The number of aliphatic hydroxyl groups is 1. The van der Waals surface area contributed by atoms with E-state index in [1.54, 1.807) is 58.0 Å². The summed E-state index contributed by atoms with van der Waals surface area (Å²) in [5.74, 6) is -5.00. The van der Waals surface area contributed by atoms with Gasteiger partial charge in [0.05, 0.1) is 11.6 Å². The van der Waals surface area contributed by atoms with Gasteiger partial charge < -0.3 is 37.4 Å². The van der Waals surface area contributed by atoms with Gasteiger partial charge in [-0.15, -0.1) is 10.2 Å². The van der Waals surface area contributed by atoms with Crippen LogP contribution in [0.5, 0.6) is 0 Å². The van der Waals surface area contributed by atoms with Gasteiger partial charge in [0.1, 0.15) is 18.1 Å². The van der Waals surface area contributed by atoms with E-state index in [4.69, 9.17) is 5.73 Å². The van der Waals surface area contributed by atoms with Crippen molar-refractivity contribution in [3.63, 3.8) is 0 Å². The fourth-order valence-corrected chi connectivity index (χ4v) is 5.50. The highest BCUT2D eigenvalue weighted by molar-refractivity contribution is 9.10. The van der Waals surface area contributed by atoms with Gasteiger partial charge in [0.15, 0.2) is 6.10 Å². The first-order valence-electron chi connectivity index (χ1n) is 16.4. The Labute approximate surface area is 311 Å². The molecule has 1 heterocycles. The summed E-state index contributed by atoms with van der Waals surface area (Å²) in [5.41, 5.74) is 5.27. The summed E-state index contributed by atoms with van der Waals surface area (Å²) in [4.78, 5) is 65.6. The maximum Gasteiger partial charge on any atom is 0.416 e. The number of carbonyl (C=O) groups is 5. The molecule has 0 aliphatic carbocycles. The third-order valence-corrected chi connectivity index (χ3v) is 8.18. The summed E-state index contributed by atoms with van der Waals surface area (Å²) in [7, 11) is 0. The predicted octanol–water partition coefficient (Wildman–Crippen LogP) is 1.44. The van der Waals surface area contributed by atoms with Crippen LogP contribution in [-0.2, 0) is 31.8 Å². The molecule has 0 radical (unpaired) electrons. The topological polar surface area (TPSA) is 246 Å². The number of tetrazole rings is 1. The number of nitrogens with zero attached hydrogens (tertiary/aromatic N) is 3. The van der Waals surface area contributed by atoms with Crippen LogP contribution in [0.4, 0.5) is 18.9 Å². The Morgan fingerprint density at radius 1 is 0.925 bits per heavy atom. The number of H-pyrrole nitrogens is 1. The lowest BCUT2D eigenvalue weighted by Gasteiger charge is -2.29. The van der Waals surface area contributed by atoms with Crippen molar-refractivity contribution in [3.8, 4) is 0 Å². The van der Waals surface area contributed by atoms with Gasteiger partial charge in [0.2, 0.25) is 17.7 Å². The number of rotatable bonds is 17. The predicted molar refractivity (Wildman–Crippen MR) is 188 cm³/mol. The molecule has 3 aromatic rings. The van der Waals surface area contributed by atoms with Gasteiger partial charge in [-0.05, 0) is 53.7 Å². The zero-order valence-electron chi connectivity index (χ0n) is 29.2. The number of hydrogen-bond donors (Lipinski definition) is 8. The molecule has 0 spiro atoms. The van der Waals surface area contributed by atoms with Gasteiger partial charge in [0.25, 0.3) is 17.6 Å². The van der Waals surface area contributed by atoms with Gasteiger partial charge in [-0.3, -0.25) is 24.0 Å². The number of aromatic amines is 1. The van der Waals surface area contributed by atoms with E-state index in [0.29, 0.717) is 11.6 Å². The quantitative estimate of drug-likeness (QED) is 0.0975. The van der Waals surface area contributed by atoms with E-state index in [1.165, 1.54) is 6.07 Å². The normalized spacial score (nSPS) is 14.4. The van der Waals surface area contributed by atoms with Gasteiger partial charge in [0, 0.05) is 16.7 Å². The van der Waals surface area contributed by atoms with Crippen molar-refractivity contribution in [2.45, 2.75) is 77.0 Å². The van der Waals surface area contributed by atoms with Crippen LogP contribution in [0.1, 0.15) is 55.9 Å². The average molecular weight is 812 g/mol. The maximum atomic E-state index is 13.8. The monoisotopic (exact) mass is 810 g/mol. The molecule has 5 atom stereocenters. The van der Waals surface area contributed by atoms with Crippen LogP contribution in [0, 0.1) is 11.8 Å². The molecule has 0 bridgehead atoms. The summed E-state index contributed by atoms with van der Waals surface area (Å²) in [6, 6.07) is 6.33. The number of hydrogen-bond acceptors (Lipinski definition) is 10. The van der Waals surface area contributed by atoms with E-state index in [2.05, 4.69) is 63.1 Å². The van der Waals surface area contributed by atoms with Crippen LogP contribution in [-0.4, -0.2) is 92.1 Å². The van der Waals surface area contributed by atoms with Gasteiger partial charge >= 0.3 is 6.18 Å². The van der Waals surface area contributed by atoms with Crippen molar-refractivity contribution in [2.75, 3.05) is 11.9 Å². The summed E-state index contributed by atoms with van der Waals surface area (Å²) in [6.45, 7) is 6.58. The Bertz CT molecular complexity index is 1710. The van der Waals surface area contributed by atoms with Crippen LogP contribution < -0.4 is 32.3 Å². The average Bonchev–Trinajstić information content (AvgIpc) is 3.63. The van der Waals surface area contributed by atoms with Crippen LogP contribution in [0.15, 0.2) is 53.0 Å². The molecule has 16 nitrogen and oxygen atoms in total. The Kier molecular flexibility index (Phi) is 15.4. The molecule has 0 aliphatic heterocycles. The first kappa shape index (κ1) is 42.5. The van der Waals surface area contributed by atoms with Crippen molar-refractivity contribution in [1.29, 1.82) is 0 Å². The number of alkyl halides is 3. The standard InChI is InChI=1S/C33H42BrF3N10O6/c1-16(2)10-24(42-30(51)25(17(3)4)43-28(49)22(38)15-39-32(53)27-44-46-47-45-27)29(50)41-23(11-18-8-6-5-7-9-18)26(48)31(52)40-21-13-19(33(35,36)37)12-20(34)14-21/h5-9,12-14,16-17,22-26,48H,10-11,15,38H2,1-4H3,(H,39,53)(H,40,52)(H,41,50)(H,42,51)(H,43,49)(H,44,45,46,47)/t22-,23-,24-,25-,26+/m0/s1. The molecular formula is C33H42BrF3N10O6. The van der Waals surface area contributed by atoms with Crippen molar-refractivity contribution in [3.05, 3.63) is 70.0 Å². The Balaban J connectivity index is 1.77. The highest BCUT2D eigenvalue weighted by atomic mass is 79.9. The first-order valence-corrected chi connectivity index (χ1v) is 17.2. The number of carbonyl (C=O) groups excluding carboxylic acids is 5. The van der Waals surface area contributed by atoms with E-state index in [-0.39, 0.29) is 41.3 Å². The molecule has 20 heteroatoms. The minimum atomic E-state index is -4.71. The van der Waals surface area contributed by atoms with Gasteiger partial charge in [-0.1, -0.05) is 74.0 Å².